The summed E-state index contributed by atoms with van der Waals surface area (Å²) in [5.74, 6) is -0.579. The molecule has 37 heavy (non-hydrogen) atoms. The largest absolute Gasteiger partial charge is 0.507 e. The number of rotatable bonds is 7. The third-order valence-corrected chi connectivity index (χ3v) is 6.50. The van der Waals surface area contributed by atoms with E-state index in [-0.39, 0.29) is 23.0 Å². The first-order valence-corrected chi connectivity index (χ1v) is 12.5. The molecule has 1 heterocycles. The lowest BCUT2D eigenvalue weighted by atomic mass is 9.94. The van der Waals surface area contributed by atoms with Gasteiger partial charge in [0.1, 0.15) is 17.3 Å². The van der Waals surface area contributed by atoms with E-state index in [4.69, 9.17) is 21.1 Å². The van der Waals surface area contributed by atoms with Crippen LogP contribution in [0, 0.1) is 0 Å². The van der Waals surface area contributed by atoms with Gasteiger partial charge in [0.05, 0.1) is 30.4 Å². The molecule has 7 heteroatoms. The normalized spacial score (nSPS) is 17.1. The van der Waals surface area contributed by atoms with E-state index in [2.05, 4.69) is 13.8 Å². The van der Waals surface area contributed by atoms with E-state index in [0.29, 0.717) is 33.7 Å². The van der Waals surface area contributed by atoms with Crippen molar-refractivity contribution >= 4 is 34.7 Å². The summed E-state index contributed by atoms with van der Waals surface area (Å²) in [4.78, 5) is 28.3. The third-order valence-electron chi connectivity index (χ3n) is 6.27. The Labute approximate surface area is 222 Å². The van der Waals surface area contributed by atoms with Crippen molar-refractivity contribution in [3.05, 3.63) is 94.0 Å². The third kappa shape index (κ3) is 5.20. The summed E-state index contributed by atoms with van der Waals surface area (Å²) in [6, 6.07) is 18.6. The molecule has 3 aromatic rings. The van der Waals surface area contributed by atoms with Crippen LogP contribution in [0.15, 0.2) is 72.3 Å². The van der Waals surface area contributed by atoms with Gasteiger partial charge >= 0.3 is 0 Å². The molecule has 1 unspecified atom stereocenters. The molecule has 0 saturated carbocycles. The highest BCUT2D eigenvalue weighted by molar-refractivity contribution is 6.51. The average Bonchev–Trinajstić information content (AvgIpc) is 3.14. The summed E-state index contributed by atoms with van der Waals surface area (Å²) < 4.78 is 11.2. The minimum Gasteiger partial charge on any atom is -0.507 e. The second-order valence-electron chi connectivity index (χ2n) is 9.50. The van der Waals surface area contributed by atoms with Crippen molar-refractivity contribution in [2.45, 2.75) is 45.8 Å². The molecule has 1 aliphatic heterocycles. The minimum atomic E-state index is -0.873. The van der Waals surface area contributed by atoms with Gasteiger partial charge in [0.25, 0.3) is 11.7 Å². The highest BCUT2D eigenvalue weighted by Crippen LogP contribution is 2.44. The summed E-state index contributed by atoms with van der Waals surface area (Å²) in [5.41, 5.74) is 2.49. The second kappa shape index (κ2) is 10.7. The van der Waals surface area contributed by atoms with Gasteiger partial charge in [0, 0.05) is 10.7 Å². The highest BCUT2D eigenvalue weighted by Gasteiger charge is 2.47. The number of benzene rings is 3. The molecule has 1 amide bonds. The number of hydrogen-bond acceptors (Lipinski definition) is 5. The Morgan fingerprint density at radius 1 is 0.946 bits per heavy atom. The molecule has 1 fully saturated rings. The van der Waals surface area contributed by atoms with Gasteiger partial charge in [-0.1, -0.05) is 49.7 Å². The van der Waals surface area contributed by atoms with E-state index in [1.807, 2.05) is 38.1 Å². The fourth-order valence-corrected chi connectivity index (χ4v) is 4.62. The van der Waals surface area contributed by atoms with Crippen LogP contribution in [0.5, 0.6) is 11.5 Å². The van der Waals surface area contributed by atoms with E-state index in [0.717, 1.165) is 5.56 Å². The first-order chi connectivity index (χ1) is 17.6. The van der Waals surface area contributed by atoms with Crippen LogP contribution in [-0.4, -0.2) is 30.0 Å². The van der Waals surface area contributed by atoms with Crippen LogP contribution in [0.3, 0.4) is 0 Å². The van der Waals surface area contributed by atoms with Gasteiger partial charge in [-0.15, -0.1) is 0 Å². The minimum absolute atomic E-state index is 0.00810. The SMILES string of the molecule is COc1ccc(Cl)cc1/C(O)=C1\C(=O)C(=O)N(c2ccc(C(C)C)cc2)C1c1ccc(OC(C)C)cc1. The van der Waals surface area contributed by atoms with Crippen LogP contribution < -0.4 is 14.4 Å². The first kappa shape index (κ1) is 26.3. The number of carbonyl (C=O) groups excluding carboxylic acids is 2. The number of Topliss-reactive ketones (excluding diaryl/α,β-unsaturated/α-hetero) is 1. The van der Waals surface area contributed by atoms with Gasteiger partial charge in [-0.25, -0.2) is 0 Å². The van der Waals surface area contributed by atoms with E-state index in [1.54, 1.807) is 36.4 Å². The van der Waals surface area contributed by atoms with E-state index >= 15 is 0 Å². The number of aliphatic hydroxyl groups excluding tert-OH is 1. The van der Waals surface area contributed by atoms with Gasteiger partial charge in [-0.2, -0.15) is 0 Å². The van der Waals surface area contributed by atoms with Crippen molar-refractivity contribution in [3.63, 3.8) is 0 Å². The van der Waals surface area contributed by atoms with E-state index in [9.17, 15) is 14.7 Å². The molecular weight excluding hydrogens is 490 g/mol. The van der Waals surface area contributed by atoms with Crippen LogP contribution >= 0.6 is 11.6 Å². The average molecular weight is 520 g/mol. The van der Waals surface area contributed by atoms with Crippen molar-refractivity contribution in [2.24, 2.45) is 0 Å². The maximum Gasteiger partial charge on any atom is 0.300 e. The lowest BCUT2D eigenvalue weighted by molar-refractivity contribution is -0.132. The summed E-state index contributed by atoms with van der Waals surface area (Å²) in [6.07, 6.45) is -0.00810. The molecule has 0 aliphatic carbocycles. The predicted octanol–water partition coefficient (Wildman–Crippen LogP) is 6.89. The molecule has 3 aromatic carbocycles. The number of ketones is 1. The topological polar surface area (TPSA) is 76.1 Å². The maximum atomic E-state index is 13.5. The molecule has 6 nitrogen and oxygen atoms in total. The van der Waals surface area contributed by atoms with Crippen LogP contribution in [0.2, 0.25) is 5.02 Å². The molecule has 0 aromatic heterocycles. The Morgan fingerprint density at radius 2 is 1.59 bits per heavy atom. The van der Waals surface area contributed by atoms with Crippen molar-refractivity contribution in [1.82, 2.24) is 0 Å². The molecule has 1 aliphatic rings. The number of anilines is 1. The van der Waals surface area contributed by atoms with Crippen molar-refractivity contribution in [2.75, 3.05) is 12.0 Å². The molecule has 192 valence electrons. The second-order valence-corrected chi connectivity index (χ2v) is 9.93. The molecule has 0 radical (unpaired) electrons. The standard InChI is InChI=1S/C30H30ClNO5/c1-17(2)19-6-11-22(12-7-19)32-27(20-8-13-23(14-9-20)37-18(3)4)26(29(34)30(32)35)28(33)24-16-21(31)10-15-25(24)36-5/h6-18,27,33H,1-5H3/b28-26+. The number of carbonyl (C=O) groups is 2. The molecule has 1 N–H and O–H groups in total. The number of amides is 1. The molecule has 4 rings (SSSR count). The number of halogens is 1. The van der Waals surface area contributed by atoms with Crippen LogP contribution in [0.1, 0.15) is 56.3 Å². The van der Waals surface area contributed by atoms with Gasteiger partial charge < -0.3 is 14.6 Å². The highest BCUT2D eigenvalue weighted by atomic mass is 35.5. The zero-order valence-corrected chi connectivity index (χ0v) is 22.2. The Kier molecular flexibility index (Phi) is 7.60. The Balaban J connectivity index is 1.91. The predicted molar refractivity (Wildman–Crippen MR) is 146 cm³/mol. The number of ether oxygens (including phenoxy) is 2. The zero-order chi connectivity index (χ0) is 26.9. The van der Waals surface area contributed by atoms with Gasteiger partial charge in [-0.05, 0) is 73.4 Å². The van der Waals surface area contributed by atoms with Crippen molar-refractivity contribution in [3.8, 4) is 11.5 Å². The molecule has 1 atom stereocenters. The van der Waals surface area contributed by atoms with Gasteiger partial charge in [-0.3, -0.25) is 14.5 Å². The van der Waals surface area contributed by atoms with Gasteiger partial charge in [0.2, 0.25) is 0 Å². The lowest BCUT2D eigenvalue weighted by Crippen LogP contribution is -2.29. The molecule has 1 saturated heterocycles. The van der Waals surface area contributed by atoms with E-state index in [1.165, 1.54) is 18.1 Å². The Morgan fingerprint density at radius 3 is 2.16 bits per heavy atom. The fourth-order valence-electron chi connectivity index (χ4n) is 4.45. The smallest absolute Gasteiger partial charge is 0.300 e. The number of aliphatic hydroxyl groups is 1. The number of nitrogens with zero attached hydrogens (tertiary/aromatic N) is 1. The van der Waals surface area contributed by atoms with Crippen molar-refractivity contribution < 1.29 is 24.2 Å². The quantitative estimate of drug-likeness (QED) is 0.209. The Hall–Kier alpha value is -3.77. The molecule has 0 spiro atoms. The maximum absolute atomic E-state index is 13.5. The van der Waals surface area contributed by atoms with E-state index < -0.39 is 17.7 Å². The van der Waals surface area contributed by atoms with Gasteiger partial charge in [0.15, 0.2) is 0 Å². The summed E-state index contributed by atoms with van der Waals surface area (Å²) in [7, 11) is 1.46. The number of hydrogen-bond donors (Lipinski definition) is 1. The van der Waals surface area contributed by atoms with Crippen LogP contribution in [0.25, 0.3) is 5.76 Å². The van der Waals surface area contributed by atoms with Crippen LogP contribution in [0.4, 0.5) is 5.69 Å². The number of methoxy groups -OCH3 is 1. The molecular formula is C30H30ClNO5. The van der Waals surface area contributed by atoms with Crippen molar-refractivity contribution in [1.29, 1.82) is 0 Å². The lowest BCUT2D eigenvalue weighted by Gasteiger charge is -2.26. The summed E-state index contributed by atoms with van der Waals surface area (Å²) in [5, 5.41) is 11.8. The summed E-state index contributed by atoms with van der Waals surface area (Å²) in [6.45, 7) is 8.03. The monoisotopic (exact) mass is 519 g/mol. The molecule has 0 bridgehead atoms. The Bertz CT molecular complexity index is 1340. The van der Waals surface area contributed by atoms with Crippen LogP contribution in [-0.2, 0) is 9.59 Å². The summed E-state index contributed by atoms with van der Waals surface area (Å²) >= 11 is 6.20. The first-order valence-electron chi connectivity index (χ1n) is 12.1. The fraction of sp³-hybridized carbons (Fsp3) is 0.267. The zero-order valence-electron chi connectivity index (χ0n) is 21.5.